The van der Waals surface area contributed by atoms with Gasteiger partial charge in [0, 0.05) is 12.6 Å². The van der Waals surface area contributed by atoms with E-state index in [0.29, 0.717) is 11.2 Å². The highest BCUT2D eigenvalue weighted by Gasteiger charge is 2.21. The number of fused-ring (bicyclic) bond motifs is 1. The van der Waals surface area contributed by atoms with E-state index in [1.807, 2.05) is 40.7 Å². The molecule has 0 fully saturated rings. The van der Waals surface area contributed by atoms with Crippen LogP contribution in [0, 0.1) is 20.8 Å². The summed E-state index contributed by atoms with van der Waals surface area (Å²) in [5.74, 6) is 0. The first-order valence-corrected chi connectivity index (χ1v) is 11.7. The van der Waals surface area contributed by atoms with E-state index in [2.05, 4.69) is 10.8 Å². The molecule has 1 N–H and O–H groups in total. The number of hydrogen-bond acceptors (Lipinski definition) is 4. The first-order chi connectivity index (χ1) is 13.1. The normalized spacial score (nSPS) is 13.2. The molecule has 3 aromatic rings. The summed E-state index contributed by atoms with van der Waals surface area (Å²) in [6.07, 6.45) is 0.847. The molecular weight excluding hydrogens is 392 g/mol. The van der Waals surface area contributed by atoms with E-state index in [0.717, 1.165) is 40.0 Å². The van der Waals surface area contributed by atoms with E-state index >= 15 is 0 Å². The van der Waals surface area contributed by atoms with Crippen LogP contribution < -0.4 is 9.60 Å². The van der Waals surface area contributed by atoms with Crippen LogP contribution in [0.15, 0.2) is 40.0 Å². The third-order valence-electron chi connectivity index (χ3n) is 5.08. The Labute approximate surface area is 170 Å². The van der Waals surface area contributed by atoms with Crippen LogP contribution >= 0.6 is 11.3 Å². The molecule has 0 bridgehead atoms. The van der Waals surface area contributed by atoms with Gasteiger partial charge >= 0.3 is 4.87 Å². The fraction of sp³-hybridized carbons (Fsp3) is 0.381. The van der Waals surface area contributed by atoms with Crippen LogP contribution in [0.4, 0.5) is 0 Å². The van der Waals surface area contributed by atoms with Gasteiger partial charge in [-0.2, -0.15) is 0 Å². The predicted octanol–water partition coefficient (Wildman–Crippen LogP) is 4.44. The molecule has 0 aliphatic heterocycles. The number of thiazole rings is 1. The van der Waals surface area contributed by atoms with Crippen molar-refractivity contribution in [2.75, 3.05) is 0 Å². The topological polar surface area (TPSA) is 68.2 Å². The quantitative estimate of drug-likeness (QED) is 0.643. The fourth-order valence-electron chi connectivity index (χ4n) is 3.46. The average molecular weight is 419 g/mol. The number of hydrogen-bond donors (Lipinski definition) is 1. The summed E-state index contributed by atoms with van der Waals surface area (Å²) < 4.78 is 31.1. The summed E-state index contributed by atoms with van der Waals surface area (Å²) in [4.78, 5) is 12.3. The fourth-order valence-corrected chi connectivity index (χ4v) is 5.74. The minimum absolute atomic E-state index is 0.0570. The standard InChI is InChI=1S/C21H26N2O3S2/c1-6-9-23-19-8-7-17(12-20(19)27-21(23)24)28(25,26)22-16(5)18-11-14(3)13(2)10-15(18)4/h7-8,10-12,16,22H,6,9H2,1-5H3/t16-/m0/s1. The Hall–Kier alpha value is -1.96. The zero-order chi connectivity index (χ0) is 20.6. The Balaban J connectivity index is 1.94. The second-order valence-corrected chi connectivity index (χ2v) is 9.99. The summed E-state index contributed by atoms with van der Waals surface area (Å²) in [7, 11) is -3.71. The van der Waals surface area contributed by atoms with E-state index in [1.54, 1.807) is 22.8 Å². The smallest absolute Gasteiger partial charge is 0.299 e. The van der Waals surface area contributed by atoms with Gasteiger partial charge in [0.15, 0.2) is 0 Å². The van der Waals surface area contributed by atoms with Crippen molar-refractivity contribution < 1.29 is 8.42 Å². The number of nitrogens with zero attached hydrogens (tertiary/aromatic N) is 1. The van der Waals surface area contributed by atoms with Gasteiger partial charge in [0.05, 0.1) is 15.1 Å². The van der Waals surface area contributed by atoms with E-state index in [4.69, 9.17) is 0 Å². The summed E-state index contributed by atoms with van der Waals surface area (Å²) in [6.45, 7) is 10.6. The predicted molar refractivity (Wildman–Crippen MR) is 116 cm³/mol. The zero-order valence-electron chi connectivity index (χ0n) is 16.9. The van der Waals surface area contributed by atoms with Crippen LogP contribution in [0.5, 0.6) is 0 Å². The lowest BCUT2D eigenvalue weighted by atomic mass is 9.97. The van der Waals surface area contributed by atoms with Crippen LogP contribution in [0.25, 0.3) is 10.2 Å². The van der Waals surface area contributed by atoms with Crippen LogP contribution in [-0.4, -0.2) is 13.0 Å². The van der Waals surface area contributed by atoms with Gasteiger partial charge < -0.3 is 0 Å². The van der Waals surface area contributed by atoms with Crippen molar-refractivity contribution in [3.8, 4) is 0 Å². The second kappa shape index (κ2) is 7.81. The Morgan fingerprint density at radius 3 is 2.43 bits per heavy atom. The molecule has 0 aliphatic carbocycles. The molecule has 0 saturated carbocycles. The maximum atomic E-state index is 12.9. The lowest BCUT2D eigenvalue weighted by molar-refractivity contribution is 0.566. The highest BCUT2D eigenvalue weighted by atomic mass is 32.2. The van der Waals surface area contributed by atoms with Crippen molar-refractivity contribution in [1.29, 1.82) is 0 Å². The maximum absolute atomic E-state index is 12.9. The number of aromatic nitrogens is 1. The van der Waals surface area contributed by atoms with E-state index in [9.17, 15) is 13.2 Å². The highest BCUT2D eigenvalue weighted by molar-refractivity contribution is 7.89. The van der Waals surface area contributed by atoms with E-state index < -0.39 is 10.0 Å². The van der Waals surface area contributed by atoms with E-state index in [-0.39, 0.29) is 15.8 Å². The maximum Gasteiger partial charge on any atom is 0.308 e. The molecule has 2 aromatic carbocycles. The number of benzene rings is 2. The minimum atomic E-state index is -3.71. The molecule has 1 atom stereocenters. The second-order valence-electron chi connectivity index (χ2n) is 7.29. The van der Waals surface area contributed by atoms with Gasteiger partial charge in [-0.05, 0) is 74.6 Å². The number of nitrogens with one attached hydrogen (secondary N) is 1. The summed E-state index contributed by atoms with van der Waals surface area (Å²) in [5, 5.41) is 0. The minimum Gasteiger partial charge on any atom is -0.299 e. The Morgan fingerprint density at radius 2 is 1.75 bits per heavy atom. The molecule has 28 heavy (non-hydrogen) atoms. The van der Waals surface area contributed by atoms with Gasteiger partial charge in [-0.15, -0.1) is 0 Å². The Kier molecular flexibility index (Phi) is 5.79. The third-order valence-corrected chi connectivity index (χ3v) is 7.56. The number of sulfonamides is 1. The van der Waals surface area contributed by atoms with Crippen molar-refractivity contribution in [3.63, 3.8) is 0 Å². The zero-order valence-corrected chi connectivity index (χ0v) is 18.5. The average Bonchev–Trinajstić information content (AvgIpc) is 2.93. The van der Waals surface area contributed by atoms with Crippen LogP contribution in [0.1, 0.15) is 48.6 Å². The van der Waals surface area contributed by atoms with Gasteiger partial charge in [0.1, 0.15) is 0 Å². The molecule has 0 saturated heterocycles. The SMILES string of the molecule is CCCn1c(=O)sc2cc(S(=O)(=O)N[C@@H](C)c3cc(C)c(C)cc3C)ccc21. The van der Waals surface area contributed by atoms with Crippen LogP contribution in [0.2, 0.25) is 0 Å². The molecule has 0 aliphatic rings. The van der Waals surface area contributed by atoms with Crippen LogP contribution in [-0.2, 0) is 16.6 Å². The number of rotatable bonds is 6. The monoisotopic (exact) mass is 418 g/mol. The van der Waals surface area contributed by atoms with Gasteiger partial charge in [-0.1, -0.05) is 30.4 Å². The van der Waals surface area contributed by atoms with E-state index in [1.165, 1.54) is 5.56 Å². The molecule has 1 aromatic heterocycles. The lowest BCUT2D eigenvalue weighted by Gasteiger charge is -2.18. The molecule has 150 valence electrons. The molecule has 1 heterocycles. The molecule has 7 heteroatoms. The Bertz CT molecular complexity index is 1190. The largest absolute Gasteiger partial charge is 0.308 e. The third kappa shape index (κ3) is 3.92. The van der Waals surface area contributed by atoms with Crippen molar-refractivity contribution in [3.05, 3.63) is 62.3 Å². The summed E-state index contributed by atoms with van der Waals surface area (Å²) in [5.41, 5.74) is 5.13. The van der Waals surface area contributed by atoms with Gasteiger partial charge in [-0.3, -0.25) is 9.36 Å². The highest BCUT2D eigenvalue weighted by Crippen LogP contribution is 2.26. The van der Waals surface area contributed by atoms with Gasteiger partial charge in [0.2, 0.25) is 10.0 Å². The molecule has 0 unspecified atom stereocenters. The molecular formula is C21H26N2O3S2. The van der Waals surface area contributed by atoms with Gasteiger partial charge in [-0.25, -0.2) is 13.1 Å². The van der Waals surface area contributed by atoms with Crippen molar-refractivity contribution in [1.82, 2.24) is 9.29 Å². The summed E-state index contributed by atoms with van der Waals surface area (Å²) in [6, 6.07) is 8.65. The van der Waals surface area contributed by atoms with Crippen molar-refractivity contribution in [2.24, 2.45) is 0 Å². The molecule has 0 spiro atoms. The lowest BCUT2D eigenvalue weighted by Crippen LogP contribution is -2.27. The molecule has 0 radical (unpaired) electrons. The molecule has 3 rings (SSSR count). The summed E-state index contributed by atoms with van der Waals surface area (Å²) >= 11 is 1.09. The molecule has 5 nitrogen and oxygen atoms in total. The first-order valence-electron chi connectivity index (χ1n) is 9.37. The number of aryl methyl sites for hydroxylation is 4. The van der Waals surface area contributed by atoms with Crippen molar-refractivity contribution in [2.45, 2.75) is 58.5 Å². The van der Waals surface area contributed by atoms with Crippen LogP contribution in [0.3, 0.4) is 0 Å². The first kappa shape index (κ1) is 20.8. The Morgan fingerprint density at radius 1 is 1.07 bits per heavy atom. The van der Waals surface area contributed by atoms with Gasteiger partial charge in [0.25, 0.3) is 0 Å². The molecule has 0 amide bonds. The van der Waals surface area contributed by atoms with Crippen molar-refractivity contribution >= 4 is 31.6 Å².